The molecule has 1 heteroatoms. The van der Waals surface area contributed by atoms with Crippen LogP contribution in [0.25, 0.3) is 28.9 Å². The fourth-order valence-electron chi connectivity index (χ4n) is 5.40. The Morgan fingerprint density at radius 2 is 0.882 bits per heavy atom. The molecule has 6 rings (SSSR count). The average Bonchev–Trinajstić information content (AvgIpc) is 3.20. The number of hydrogen-bond donors (Lipinski definition) is 0. The predicted octanol–water partition coefficient (Wildman–Crippen LogP) is 14.3. The van der Waals surface area contributed by atoms with E-state index in [4.69, 9.17) is 4.74 Å². The van der Waals surface area contributed by atoms with Gasteiger partial charge in [0.05, 0.1) is 13.2 Å². The highest BCUT2D eigenvalue weighted by Gasteiger charge is 2.06. The van der Waals surface area contributed by atoms with Crippen LogP contribution in [0.2, 0.25) is 0 Å². The van der Waals surface area contributed by atoms with Crippen LogP contribution < -0.4 is 0 Å². The van der Waals surface area contributed by atoms with Crippen molar-refractivity contribution in [3.05, 3.63) is 197 Å². The van der Waals surface area contributed by atoms with E-state index in [2.05, 4.69) is 174 Å². The molecule has 0 fully saturated rings. The maximum absolute atomic E-state index is 5.83. The summed E-state index contributed by atoms with van der Waals surface area (Å²) in [5.41, 5.74) is 15.6. The smallest absolute Gasteiger partial charge is 0.0721 e. The Bertz CT molecular complexity index is 1780. The molecule has 0 heterocycles. The fraction of sp³-hybridized carbons (Fsp3) is 0.240. The molecule has 5 aromatic rings. The summed E-state index contributed by atoms with van der Waals surface area (Å²) in [6.07, 6.45) is 12.7. The third-order valence-corrected chi connectivity index (χ3v) is 8.81. The molecule has 0 N–H and O–H groups in total. The summed E-state index contributed by atoms with van der Waals surface area (Å²) in [6, 6.07) is 43.0. The van der Waals surface area contributed by atoms with Gasteiger partial charge in [-0.3, -0.25) is 0 Å². The van der Waals surface area contributed by atoms with Crippen LogP contribution in [0.15, 0.2) is 152 Å². The number of rotatable bonds is 10. The molecule has 0 unspecified atom stereocenters. The molecule has 0 spiro atoms. The topological polar surface area (TPSA) is 9.23 Å². The summed E-state index contributed by atoms with van der Waals surface area (Å²) in [5.74, 6) is 0. The Balaban J connectivity index is 0.000000222. The molecule has 0 radical (unpaired) electrons. The Morgan fingerprint density at radius 3 is 1.29 bits per heavy atom. The molecule has 1 nitrogen and oxygen atoms in total. The number of allylic oxidation sites excluding steroid dienone is 4. The Hall–Kier alpha value is -4.98. The van der Waals surface area contributed by atoms with E-state index < -0.39 is 0 Å². The summed E-state index contributed by atoms with van der Waals surface area (Å²) in [4.78, 5) is 0. The highest BCUT2D eigenvalue weighted by molar-refractivity contribution is 5.69. The normalized spacial score (nSPS) is 11.6. The first kappa shape index (κ1) is 40.4. The van der Waals surface area contributed by atoms with E-state index in [-0.39, 0.29) is 0 Å². The van der Waals surface area contributed by atoms with Crippen molar-refractivity contribution in [1.82, 2.24) is 0 Å². The van der Waals surface area contributed by atoms with Crippen molar-refractivity contribution in [3.8, 4) is 11.1 Å². The van der Waals surface area contributed by atoms with E-state index in [1.165, 1.54) is 67.6 Å². The maximum atomic E-state index is 5.83. The van der Waals surface area contributed by atoms with E-state index in [0.29, 0.717) is 13.2 Å². The van der Waals surface area contributed by atoms with E-state index >= 15 is 0 Å². The van der Waals surface area contributed by atoms with Gasteiger partial charge in [0.2, 0.25) is 0 Å². The van der Waals surface area contributed by atoms with Gasteiger partial charge in [0, 0.05) is 0 Å². The summed E-state index contributed by atoms with van der Waals surface area (Å²) >= 11 is 0. The lowest BCUT2D eigenvalue weighted by molar-refractivity contribution is 0.107. The van der Waals surface area contributed by atoms with Gasteiger partial charge >= 0.3 is 0 Å². The van der Waals surface area contributed by atoms with Gasteiger partial charge in [-0.05, 0) is 95.2 Å². The highest BCUT2D eigenvalue weighted by Crippen LogP contribution is 2.27. The molecule has 0 aliphatic heterocycles. The van der Waals surface area contributed by atoms with Crippen LogP contribution in [0, 0.1) is 6.92 Å². The zero-order valence-electron chi connectivity index (χ0n) is 31.9. The van der Waals surface area contributed by atoms with Crippen molar-refractivity contribution < 1.29 is 4.74 Å². The second kappa shape index (κ2) is 22.7. The van der Waals surface area contributed by atoms with E-state index in [1.54, 1.807) is 0 Å². The number of benzene rings is 5. The van der Waals surface area contributed by atoms with Gasteiger partial charge in [-0.25, -0.2) is 0 Å². The SMILES string of the molecule is C=Cc1ccc(CC)cc1.C=Cc1ccc(COCc2ccc(C3=CC=C(C)CC3)cc2)cc1.CC.CCc1ccc(-c2ccc(C)cc2)cc1. The van der Waals surface area contributed by atoms with Gasteiger partial charge in [-0.2, -0.15) is 0 Å². The highest BCUT2D eigenvalue weighted by atomic mass is 16.5. The zero-order valence-corrected chi connectivity index (χ0v) is 31.9. The largest absolute Gasteiger partial charge is 0.372 e. The van der Waals surface area contributed by atoms with Crippen LogP contribution in [0.3, 0.4) is 0 Å². The monoisotopic (exact) mass is 674 g/mol. The van der Waals surface area contributed by atoms with Gasteiger partial charge < -0.3 is 4.74 Å². The molecule has 264 valence electrons. The van der Waals surface area contributed by atoms with Crippen molar-refractivity contribution in [2.45, 2.75) is 80.4 Å². The summed E-state index contributed by atoms with van der Waals surface area (Å²) < 4.78 is 5.83. The van der Waals surface area contributed by atoms with E-state index in [1.807, 2.05) is 26.0 Å². The Labute approximate surface area is 309 Å². The molecule has 1 aliphatic carbocycles. The predicted molar refractivity (Wildman–Crippen MR) is 226 cm³/mol. The average molecular weight is 675 g/mol. The van der Waals surface area contributed by atoms with Gasteiger partial charge in [0.15, 0.2) is 0 Å². The molecule has 5 aromatic carbocycles. The van der Waals surface area contributed by atoms with Crippen LogP contribution in [0.5, 0.6) is 0 Å². The van der Waals surface area contributed by atoms with Crippen LogP contribution in [0.1, 0.15) is 92.0 Å². The standard InChI is InChI=1S/C23H24O.C15H16.C10H12.C2H6/c1-3-19-6-8-20(9-7-19)16-24-17-21-10-14-23(15-11-21)22-12-4-18(2)5-13-22;1-3-13-6-10-15(11-7-13)14-8-4-12(2)5-9-14;1-3-9-5-7-10(4-2)8-6-9;1-2/h3-4,6-12,14-15H,1,5,13,16-17H2,2H3;4-11H,3H2,1-2H3;3,5-8H,1,4H2,2H3;1-2H3. The number of aryl methyl sites for hydroxylation is 3. The third kappa shape index (κ3) is 14.0. The lowest BCUT2D eigenvalue weighted by atomic mass is 9.93. The second-order valence-electron chi connectivity index (χ2n) is 12.6. The molecule has 1 aliphatic rings. The van der Waals surface area contributed by atoms with Crippen LogP contribution >= 0.6 is 0 Å². The molecular formula is C50H58O. The lowest BCUT2D eigenvalue weighted by Gasteiger charge is -2.13. The first-order chi connectivity index (χ1) is 24.9. The Morgan fingerprint density at radius 1 is 0.490 bits per heavy atom. The minimum absolute atomic E-state index is 0.633. The molecular weight excluding hydrogens is 617 g/mol. The molecule has 51 heavy (non-hydrogen) atoms. The van der Waals surface area contributed by atoms with Crippen molar-refractivity contribution in [2.24, 2.45) is 0 Å². The van der Waals surface area contributed by atoms with Crippen molar-refractivity contribution in [1.29, 1.82) is 0 Å². The van der Waals surface area contributed by atoms with Gasteiger partial charge in [-0.1, -0.05) is 198 Å². The van der Waals surface area contributed by atoms with Crippen LogP contribution in [-0.2, 0) is 30.8 Å². The third-order valence-electron chi connectivity index (χ3n) is 8.81. The quantitative estimate of drug-likeness (QED) is 0.143. The minimum atomic E-state index is 0.633. The fourth-order valence-corrected chi connectivity index (χ4v) is 5.40. The molecule has 0 saturated heterocycles. The van der Waals surface area contributed by atoms with Crippen LogP contribution in [-0.4, -0.2) is 0 Å². The van der Waals surface area contributed by atoms with Crippen molar-refractivity contribution in [2.75, 3.05) is 0 Å². The summed E-state index contributed by atoms with van der Waals surface area (Å²) in [6.45, 7) is 21.4. The Kier molecular flexibility index (Phi) is 18.0. The first-order valence-electron chi connectivity index (χ1n) is 18.5. The zero-order chi connectivity index (χ0) is 36.8. The first-order valence-corrected chi connectivity index (χ1v) is 18.5. The van der Waals surface area contributed by atoms with Gasteiger partial charge in [0.25, 0.3) is 0 Å². The van der Waals surface area contributed by atoms with Crippen molar-refractivity contribution >= 4 is 17.7 Å². The van der Waals surface area contributed by atoms with Crippen molar-refractivity contribution in [3.63, 3.8) is 0 Å². The molecule has 0 bridgehead atoms. The molecule has 0 atom stereocenters. The van der Waals surface area contributed by atoms with E-state index in [9.17, 15) is 0 Å². The van der Waals surface area contributed by atoms with Gasteiger partial charge in [-0.15, -0.1) is 0 Å². The molecule has 0 aromatic heterocycles. The second-order valence-corrected chi connectivity index (χ2v) is 12.6. The maximum Gasteiger partial charge on any atom is 0.0721 e. The summed E-state index contributed by atoms with van der Waals surface area (Å²) in [5, 5.41) is 0. The van der Waals surface area contributed by atoms with Crippen LogP contribution in [0.4, 0.5) is 0 Å². The van der Waals surface area contributed by atoms with Gasteiger partial charge in [0.1, 0.15) is 0 Å². The number of hydrogen-bond acceptors (Lipinski definition) is 1. The molecule has 0 amide bonds. The summed E-state index contributed by atoms with van der Waals surface area (Å²) in [7, 11) is 0. The number of ether oxygens (including phenoxy) is 1. The molecule has 0 saturated carbocycles. The minimum Gasteiger partial charge on any atom is -0.372 e. The van der Waals surface area contributed by atoms with E-state index in [0.717, 1.165) is 24.8 Å². The lowest BCUT2D eigenvalue weighted by Crippen LogP contribution is -1.95.